The minimum atomic E-state index is -1.05. The molecule has 2 aromatic rings. The van der Waals surface area contributed by atoms with Gasteiger partial charge in [0.15, 0.2) is 12.6 Å². The van der Waals surface area contributed by atoms with Crippen molar-refractivity contribution < 1.29 is 29.2 Å². The lowest BCUT2D eigenvalue weighted by Gasteiger charge is -2.24. The van der Waals surface area contributed by atoms with Crippen molar-refractivity contribution in [1.82, 2.24) is 0 Å². The molecule has 2 aliphatic heterocycles. The number of halogens is 2. The third-order valence-electron chi connectivity index (χ3n) is 4.79. The first-order valence-corrected chi connectivity index (χ1v) is 9.68. The van der Waals surface area contributed by atoms with Crippen LogP contribution in [0.4, 0.5) is 0 Å². The van der Waals surface area contributed by atoms with E-state index in [0.717, 1.165) is 5.56 Å². The highest BCUT2D eigenvalue weighted by Gasteiger charge is 2.46. The second-order valence-corrected chi connectivity index (χ2v) is 7.60. The molecule has 28 heavy (non-hydrogen) atoms. The molecule has 0 spiro atoms. The molecule has 2 aromatic carbocycles. The first kappa shape index (κ1) is 20.1. The van der Waals surface area contributed by atoms with Crippen LogP contribution in [-0.4, -0.2) is 47.8 Å². The fourth-order valence-electron chi connectivity index (χ4n) is 3.39. The van der Waals surface area contributed by atoms with Crippen LogP contribution in [0.2, 0.25) is 10.0 Å². The summed E-state index contributed by atoms with van der Waals surface area (Å²) in [5.74, 6) is 0. The Bertz CT molecular complexity index is 819. The molecule has 4 rings (SSSR count). The van der Waals surface area contributed by atoms with E-state index in [9.17, 15) is 10.2 Å². The molecular weight excluding hydrogens is 407 g/mol. The van der Waals surface area contributed by atoms with Gasteiger partial charge in [-0.15, -0.1) is 0 Å². The van der Waals surface area contributed by atoms with Crippen molar-refractivity contribution in [3.8, 4) is 0 Å². The summed E-state index contributed by atoms with van der Waals surface area (Å²) >= 11 is 12.0. The number of ether oxygens (including phenoxy) is 4. The molecule has 0 saturated carbocycles. The Morgan fingerprint density at radius 3 is 2.18 bits per heavy atom. The van der Waals surface area contributed by atoms with E-state index in [1.807, 2.05) is 12.1 Å². The summed E-state index contributed by atoms with van der Waals surface area (Å²) in [7, 11) is 0. The quantitative estimate of drug-likeness (QED) is 0.763. The summed E-state index contributed by atoms with van der Waals surface area (Å²) in [4.78, 5) is 0. The summed E-state index contributed by atoms with van der Waals surface area (Å²) < 4.78 is 23.2. The smallest absolute Gasteiger partial charge is 0.185 e. The molecule has 6 atom stereocenters. The van der Waals surface area contributed by atoms with Crippen molar-refractivity contribution in [2.24, 2.45) is 0 Å². The lowest BCUT2D eigenvalue weighted by Crippen LogP contribution is -2.45. The Hall–Kier alpha value is -1.22. The minimum Gasteiger partial charge on any atom is -0.394 e. The molecule has 0 aromatic heterocycles. The van der Waals surface area contributed by atoms with Gasteiger partial charge in [-0.05, 0) is 24.3 Å². The highest BCUT2D eigenvalue weighted by Crippen LogP contribution is 2.37. The molecule has 6 nitrogen and oxygen atoms in total. The van der Waals surface area contributed by atoms with E-state index in [4.69, 9.17) is 42.1 Å². The maximum Gasteiger partial charge on any atom is 0.185 e. The van der Waals surface area contributed by atoms with Crippen molar-refractivity contribution in [3.63, 3.8) is 0 Å². The number of rotatable bonds is 5. The van der Waals surface area contributed by atoms with Crippen LogP contribution in [0.25, 0.3) is 0 Å². The summed E-state index contributed by atoms with van der Waals surface area (Å²) in [6.07, 6.45) is -4.53. The molecule has 0 bridgehead atoms. The van der Waals surface area contributed by atoms with E-state index in [1.54, 1.807) is 36.4 Å². The molecule has 2 fully saturated rings. The summed E-state index contributed by atoms with van der Waals surface area (Å²) in [5.41, 5.74) is 1.47. The van der Waals surface area contributed by atoms with Gasteiger partial charge in [-0.25, -0.2) is 0 Å². The molecule has 0 radical (unpaired) electrons. The van der Waals surface area contributed by atoms with Gasteiger partial charge in [0.1, 0.15) is 24.4 Å². The first-order valence-electron chi connectivity index (χ1n) is 8.93. The lowest BCUT2D eigenvalue weighted by molar-refractivity contribution is -0.125. The van der Waals surface area contributed by atoms with Gasteiger partial charge in [0, 0.05) is 21.2 Å². The molecule has 150 valence electrons. The lowest BCUT2D eigenvalue weighted by atomic mass is 10.0. The maximum atomic E-state index is 10.8. The topological polar surface area (TPSA) is 77.4 Å². The minimum absolute atomic E-state index is 0.179. The highest BCUT2D eigenvalue weighted by atomic mass is 35.5. The van der Waals surface area contributed by atoms with Gasteiger partial charge in [-0.2, -0.15) is 0 Å². The zero-order chi connectivity index (χ0) is 19.7. The van der Waals surface area contributed by atoms with E-state index in [-0.39, 0.29) is 13.2 Å². The van der Waals surface area contributed by atoms with Crippen molar-refractivity contribution in [3.05, 3.63) is 69.7 Å². The average Bonchev–Trinajstić information content (AvgIpc) is 3.35. The molecule has 2 heterocycles. The second-order valence-electron chi connectivity index (χ2n) is 6.73. The Morgan fingerprint density at radius 1 is 0.929 bits per heavy atom. The summed E-state index contributed by atoms with van der Waals surface area (Å²) in [6, 6.07) is 14.2. The summed E-state index contributed by atoms with van der Waals surface area (Å²) in [5, 5.41) is 21.6. The monoisotopic (exact) mass is 426 g/mol. The molecule has 2 saturated heterocycles. The van der Waals surface area contributed by atoms with Crippen molar-refractivity contribution >= 4 is 23.2 Å². The van der Waals surface area contributed by atoms with Gasteiger partial charge in [0.25, 0.3) is 0 Å². The third-order valence-corrected chi connectivity index (χ3v) is 5.27. The fraction of sp³-hybridized carbons (Fsp3) is 0.400. The van der Waals surface area contributed by atoms with Crippen LogP contribution in [-0.2, 0) is 18.9 Å². The van der Waals surface area contributed by atoms with E-state index in [1.165, 1.54) is 0 Å². The predicted molar refractivity (Wildman–Crippen MR) is 102 cm³/mol. The molecule has 0 amide bonds. The molecular formula is C20H20Cl2O6. The van der Waals surface area contributed by atoms with Crippen LogP contribution in [0.15, 0.2) is 48.5 Å². The van der Waals surface area contributed by atoms with Crippen LogP contribution in [0.3, 0.4) is 0 Å². The molecule has 2 aliphatic rings. The third kappa shape index (κ3) is 4.20. The van der Waals surface area contributed by atoms with Gasteiger partial charge in [-0.3, -0.25) is 0 Å². The number of benzene rings is 2. The second kappa shape index (κ2) is 8.65. The Morgan fingerprint density at radius 2 is 1.57 bits per heavy atom. The normalized spacial score (nSPS) is 31.2. The first-order chi connectivity index (χ1) is 13.5. The van der Waals surface area contributed by atoms with Gasteiger partial charge < -0.3 is 29.2 Å². The highest BCUT2D eigenvalue weighted by molar-refractivity contribution is 6.30. The number of aliphatic hydroxyl groups is 2. The van der Waals surface area contributed by atoms with E-state index < -0.39 is 37.0 Å². The standard InChI is InChI=1S/C20H20Cl2O6/c21-13-5-1-3-11(7-13)19-25-10-16(27-19)17(24)18-15(9-23)26-20(28-18)12-4-2-6-14(22)8-12/h1-8,15-20,23-24H,9-10H2/t15-,16+,17+,18+,19?,20?/m1/s1. The molecule has 0 aliphatic carbocycles. The number of aliphatic hydroxyl groups excluding tert-OH is 2. The fourth-order valence-corrected chi connectivity index (χ4v) is 3.79. The van der Waals surface area contributed by atoms with Gasteiger partial charge >= 0.3 is 0 Å². The number of hydrogen-bond acceptors (Lipinski definition) is 6. The van der Waals surface area contributed by atoms with Crippen LogP contribution in [0.5, 0.6) is 0 Å². The summed E-state index contributed by atoms with van der Waals surface area (Å²) in [6.45, 7) is -0.123. The van der Waals surface area contributed by atoms with E-state index >= 15 is 0 Å². The van der Waals surface area contributed by atoms with Gasteiger partial charge in [0.05, 0.1) is 13.2 Å². The predicted octanol–water partition coefficient (Wildman–Crippen LogP) is 3.24. The molecule has 2 N–H and O–H groups in total. The van der Waals surface area contributed by atoms with Crippen LogP contribution < -0.4 is 0 Å². The number of hydrogen-bond donors (Lipinski definition) is 2. The van der Waals surface area contributed by atoms with Gasteiger partial charge in [-0.1, -0.05) is 47.5 Å². The molecule has 8 heteroatoms. The SMILES string of the molecule is OC[C@H]1OC(c2cccc(Cl)c2)O[C@@H]1[C@@H](O)[C@@H]1COC(c2cccc(Cl)c2)O1. The van der Waals surface area contributed by atoms with Crippen LogP contribution in [0, 0.1) is 0 Å². The maximum absolute atomic E-state index is 10.8. The van der Waals surface area contributed by atoms with E-state index in [2.05, 4.69) is 0 Å². The Kier molecular flexibility index (Phi) is 6.20. The van der Waals surface area contributed by atoms with Crippen LogP contribution >= 0.6 is 23.2 Å². The van der Waals surface area contributed by atoms with E-state index in [0.29, 0.717) is 15.6 Å². The Labute approximate surface area is 172 Å². The van der Waals surface area contributed by atoms with Gasteiger partial charge in [0.2, 0.25) is 0 Å². The van der Waals surface area contributed by atoms with Crippen molar-refractivity contribution in [2.45, 2.75) is 37.0 Å². The zero-order valence-electron chi connectivity index (χ0n) is 14.8. The molecule has 2 unspecified atom stereocenters. The van der Waals surface area contributed by atoms with Crippen LogP contribution in [0.1, 0.15) is 23.7 Å². The Balaban J connectivity index is 1.44. The average molecular weight is 427 g/mol. The van der Waals surface area contributed by atoms with Crippen molar-refractivity contribution in [1.29, 1.82) is 0 Å². The largest absolute Gasteiger partial charge is 0.394 e. The van der Waals surface area contributed by atoms with Crippen molar-refractivity contribution in [2.75, 3.05) is 13.2 Å². The zero-order valence-corrected chi connectivity index (χ0v) is 16.3.